The Bertz CT molecular complexity index is 263. The molecule has 0 saturated heterocycles. The Balaban J connectivity index is 5.07. The van der Waals surface area contributed by atoms with E-state index in [0.717, 1.165) is 0 Å². The Morgan fingerprint density at radius 1 is 0.947 bits per heavy atom. The van der Waals surface area contributed by atoms with Crippen molar-refractivity contribution in [2.45, 2.75) is 79.5 Å². The minimum absolute atomic E-state index is 0.610. The van der Waals surface area contributed by atoms with Gasteiger partial charge in [-0.15, -0.1) is 0 Å². The number of hydrogen-bond acceptors (Lipinski definition) is 1. The third-order valence-corrected chi connectivity index (χ3v) is 18.5. The molecule has 0 aromatic heterocycles. The maximum atomic E-state index is 11.2. The molecule has 0 radical (unpaired) electrons. The normalized spacial score (nSPS) is 12.7. The third kappa shape index (κ3) is 8.01. The van der Waals surface area contributed by atoms with Crippen molar-refractivity contribution in [2.24, 2.45) is 0 Å². The van der Waals surface area contributed by atoms with Gasteiger partial charge in [0.2, 0.25) is 0 Å². The van der Waals surface area contributed by atoms with Crippen LogP contribution in [0.15, 0.2) is 9.67 Å². The fourth-order valence-electron chi connectivity index (χ4n) is 2.70. The Morgan fingerprint density at radius 2 is 1.32 bits per heavy atom. The molecule has 112 valence electrons. The van der Waals surface area contributed by atoms with Crippen molar-refractivity contribution in [2.75, 3.05) is 0 Å². The molecule has 2 nitrogen and oxygen atoms in total. The van der Waals surface area contributed by atoms with Crippen molar-refractivity contribution < 1.29 is 9.90 Å². The summed E-state index contributed by atoms with van der Waals surface area (Å²) < 4.78 is 6.30. The van der Waals surface area contributed by atoms with Crippen molar-refractivity contribution >= 4 is 24.3 Å². The first-order valence-corrected chi connectivity index (χ1v) is 15.6. The van der Waals surface area contributed by atoms with E-state index in [0.29, 0.717) is 5.57 Å². The molecule has 0 spiro atoms. The van der Waals surface area contributed by atoms with Crippen LogP contribution in [0.3, 0.4) is 0 Å². The van der Waals surface area contributed by atoms with Gasteiger partial charge in [0.15, 0.2) is 0 Å². The molecular weight excluding hydrogens is 343 g/mol. The van der Waals surface area contributed by atoms with E-state index in [-0.39, 0.29) is 0 Å². The summed E-state index contributed by atoms with van der Waals surface area (Å²) in [5.41, 5.74) is 0.610. The molecule has 0 aliphatic carbocycles. The molecule has 19 heavy (non-hydrogen) atoms. The van der Waals surface area contributed by atoms with Crippen molar-refractivity contribution in [3.8, 4) is 0 Å². The standard InChI is InChI=1S/C4H5O2.3C4H9.Sn/c1-3(2)4(5)6;3*1-3-4-2;/h1H,2H3,(H,5,6);3*1,3-4H2,2H3;. The van der Waals surface area contributed by atoms with Gasteiger partial charge in [-0.05, 0) is 0 Å². The van der Waals surface area contributed by atoms with Crippen LogP contribution in [-0.2, 0) is 4.79 Å². The van der Waals surface area contributed by atoms with Gasteiger partial charge in [0.25, 0.3) is 0 Å². The monoisotopic (exact) mass is 376 g/mol. The van der Waals surface area contributed by atoms with Gasteiger partial charge in [0.1, 0.15) is 0 Å². The second-order valence-electron chi connectivity index (χ2n) is 5.81. The van der Waals surface area contributed by atoms with E-state index < -0.39 is 24.3 Å². The van der Waals surface area contributed by atoms with Crippen LogP contribution in [0.2, 0.25) is 13.3 Å². The zero-order chi connectivity index (χ0) is 14.7. The second-order valence-corrected chi connectivity index (χ2v) is 18.7. The van der Waals surface area contributed by atoms with Crippen LogP contribution in [0.1, 0.15) is 66.2 Å². The number of hydrogen-bond donors (Lipinski definition) is 1. The zero-order valence-corrected chi connectivity index (χ0v) is 16.2. The predicted octanol–water partition coefficient (Wildman–Crippen LogP) is 5.41. The zero-order valence-electron chi connectivity index (χ0n) is 13.3. The molecular formula is C16H32O2Sn. The molecule has 0 aromatic carbocycles. The van der Waals surface area contributed by atoms with Crippen LogP contribution in [0.4, 0.5) is 0 Å². The van der Waals surface area contributed by atoms with Gasteiger partial charge in [-0.1, -0.05) is 0 Å². The molecule has 3 heteroatoms. The second kappa shape index (κ2) is 10.8. The summed E-state index contributed by atoms with van der Waals surface area (Å²) in [5, 5.41) is 9.19. The molecule has 0 bridgehead atoms. The Kier molecular flexibility index (Phi) is 10.8. The maximum absolute atomic E-state index is 11.2. The first kappa shape index (κ1) is 19.0. The van der Waals surface area contributed by atoms with Crippen molar-refractivity contribution in [1.29, 1.82) is 0 Å². The summed E-state index contributed by atoms with van der Waals surface area (Å²) in [4.78, 5) is 11.2. The fraction of sp³-hybridized carbons (Fsp3) is 0.812. The summed E-state index contributed by atoms with van der Waals surface area (Å²) >= 11 is -2.37. The van der Waals surface area contributed by atoms with E-state index >= 15 is 0 Å². The number of rotatable bonds is 11. The van der Waals surface area contributed by atoms with Crippen molar-refractivity contribution in [3.05, 3.63) is 9.67 Å². The molecule has 0 saturated carbocycles. The molecule has 0 rings (SSSR count). The minimum atomic E-state index is -2.37. The van der Waals surface area contributed by atoms with Gasteiger partial charge in [0, 0.05) is 0 Å². The van der Waals surface area contributed by atoms with Gasteiger partial charge in [0.05, 0.1) is 0 Å². The van der Waals surface area contributed by atoms with Crippen molar-refractivity contribution in [1.82, 2.24) is 0 Å². The van der Waals surface area contributed by atoms with E-state index in [1.54, 1.807) is 6.92 Å². The Labute approximate surface area is 123 Å². The van der Waals surface area contributed by atoms with E-state index in [2.05, 4.69) is 24.9 Å². The average molecular weight is 375 g/mol. The first-order valence-electron chi connectivity index (χ1n) is 7.94. The van der Waals surface area contributed by atoms with E-state index in [9.17, 15) is 9.90 Å². The summed E-state index contributed by atoms with van der Waals surface area (Å²) in [6.07, 6.45) is 7.55. The van der Waals surface area contributed by atoms with E-state index in [4.69, 9.17) is 0 Å². The topological polar surface area (TPSA) is 37.3 Å². The van der Waals surface area contributed by atoms with Crippen LogP contribution in [0.5, 0.6) is 0 Å². The molecule has 0 aliphatic rings. The number of carboxylic acids is 1. The van der Waals surface area contributed by atoms with E-state index in [1.165, 1.54) is 51.8 Å². The van der Waals surface area contributed by atoms with Gasteiger partial charge in [-0.25, -0.2) is 0 Å². The summed E-state index contributed by atoms with van der Waals surface area (Å²) in [6, 6.07) is 0. The Morgan fingerprint density at radius 3 is 1.58 bits per heavy atom. The third-order valence-electron chi connectivity index (χ3n) is 3.94. The van der Waals surface area contributed by atoms with Gasteiger partial charge in [-0.3, -0.25) is 0 Å². The number of aliphatic carboxylic acids is 1. The van der Waals surface area contributed by atoms with Gasteiger partial charge in [-0.2, -0.15) is 0 Å². The van der Waals surface area contributed by atoms with Crippen LogP contribution >= 0.6 is 0 Å². The predicted molar refractivity (Wildman–Crippen MR) is 86.3 cm³/mol. The van der Waals surface area contributed by atoms with Crippen LogP contribution < -0.4 is 0 Å². The molecule has 0 amide bonds. The summed E-state index contributed by atoms with van der Waals surface area (Å²) in [5.74, 6) is -0.717. The average Bonchev–Trinajstić information content (AvgIpc) is 2.40. The molecule has 0 aromatic rings. The molecule has 0 fully saturated rings. The van der Waals surface area contributed by atoms with Crippen molar-refractivity contribution in [3.63, 3.8) is 0 Å². The summed E-state index contributed by atoms with van der Waals surface area (Å²) in [7, 11) is 0. The molecule has 0 aliphatic heterocycles. The number of carboxylic acid groups (broad SMARTS) is 1. The first-order chi connectivity index (χ1) is 9.01. The molecule has 0 heterocycles. The molecule has 0 unspecified atom stereocenters. The number of unbranched alkanes of at least 4 members (excludes halogenated alkanes) is 3. The van der Waals surface area contributed by atoms with Crippen LogP contribution in [0.25, 0.3) is 0 Å². The molecule has 1 N–H and O–H groups in total. The number of carbonyl (C=O) groups is 1. The Hall–Kier alpha value is 0.00870. The van der Waals surface area contributed by atoms with Gasteiger partial charge >= 0.3 is 123 Å². The SMILES string of the molecule is CCC[CH2][Sn](/[CH]=C(/C)C(=O)O)([CH2]CCC)[CH2]CCC. The molecule has 0 atom stereocenters. The van der Waals surface area contributed by atoms with Crippen LogP contribution in [0, 0.1) is 0 Å². The summed E-state index contributed by atoms with van der Waals surface area (Å²) in [6.45, 7) is 8.51. The van der Waals surface area contributed by atoms with Gasteiger partial charge < -0.3 is 0 Å². The fourth-order valence-corrected chi connectivity index (χ4v) is 18.1. The quantitative estimate of drug-likeness (QED) is 0.388. The van der Waals surface area contributed by atoms with Crippen LogP contribution in [-0.4, -0.2) is 29.5 Å². The van der Waals surface area contributed by atoms with E-state index in [1.807, 2.05) is 0 Å².